The molecule has 0 spiro atoms. The maximum absolute atomic E-state index is 7.75. The minimum Gasteiger partial charge on any atom is -0.359 e. The largest absolute Gasteiger partial charge is 0.359 e. The second-order valence-corrected chi connectivity index (χ2v) is 18.8. The molecule has 0 aliphatic rings. The number of rotatable bonds is 12. The van der Waals surface area contributed by atoms with Gasteiger partial charge in [0.05, 0.1) is 21.4 Å². The van der Waals surface area contributed by atoms with E-state index in [1.165, 1.54) is 0 Å². The van der Waals surface area contributed by atoms with Crippen molar-refractivity contribution in [2.24, 2.45) is 0 Å². The van der Waals surface area contributed by atoms with Gasteiger partial charge in [-0.3, -0.25) is 0 Å². The van der Waals surface area contributed by atoms with Crippen LogP contribution in [0.25, 0.3) is 0 Å². The van der Waals surface area contributed by atoms with E-state index in [1.807, 2.05) is 34.6 Å². The van der Waals surface area contributed by atoms with Crippen molar-refractivity contribution >= 4 is 81.2 Å². The molecule has 0 bridgehead atoms. The van der Waals surface area contributed by atoms with E-state index in [0.29, 0.717) is 23.5 Å². The Balaban J connectivity index is 2.43. The molecule has 48 heavy (non-hydrogen) atoms. The lowest BCUT2D eigenvalue weighted by Gasteiger charge is -2.55. The number of alkyl halides is 3. The van der Waals surface area contributed by atoms with Gasteiger partial charge in [-0.05, 0) is 54.9 Å². The van der Waals surface area contributed by atoms with Gasteiger partial charge >= 0.3 is 0 Å². The Bertz CT molecular complexity index is 1770. The van der Waals surface area contributed by atoms with E-state index >= 15 is 0 Å². The lowest BCUT2D eigenvalue weighted by atomic mass is 9.48. The summed E-state index contributed by atoms with van der Waals surface area (Å²) in [4.78, 5) is -3.76. The van der Waals surface area contributed by atoms with Crippen LogP contribution in [0, 0.1) is 6.92 Å². The minimum absolute atomic E-state index is 0.0959. The fourth-order valence-electron chi connectivity index (χ4n) is 6.96. The SMILES string of the molecule is CCC(C)c1noc(C(c2onc(C(C)C)c2Cl)(C(C)(C)Cl)C(C)(c2noc(C(C)(C)Cl)c2Cl)C(c2onc(C)c2Cl)C(C)(C)Cl)c1Cl. The van der Waals surface area contributed by atoms with Gasteiger partial charge in [-0.2, -0.15) is 0 Å². The van der Waals surface area contributed by atoms with Gasteiger partial charge in [0.15, 0.2) is 23.0 Å². The molecule has 0 saturated heterocycles. The first-order valence-corrected chi connectivity index (χ1v) is 18.2. The van der Waals surface area contributed by atoms with Crippen LogP contribution in [-0.4, -0.2) is 30.4 Å². The molecule has 0 fully saturated rings. The number of hydrogen-bond acceptors (Lipinski definition) is 8. The molecular formula is C33H41Cl7N4O4. The summed E-state index contributed by atoms with van der Waals surface area (Å²) in [5.74, 6) is -0.624. The quantitative estimate of drug-likeness (QED) is 0.130. The van der Waals surface area contributed by atoms with Gasteiger partial charge in [-0.25, -0.2) is 0 Å². The molecule has 4 aromatic heterocycles. The van der Waals surface area contributed by atoms with E-state index in [2.05, 4.69) is 20.6 Å². The first kappa shape index (κ1) is 39.7. The number of nitrogens with zero attached hydrogens (tertiary/aromatic N) is 4. The third kappa shape index (κ3) is 6.11. The van der Waals surface area contributed by atoms with Gasteiger partial charge in [-0.15, -0.1) is 34.8 Å². The molecule has 8 nitrogen and oxygen atoms in total. The van der Waals surface area contributed by atoms with E-state index in [4.69, 9.17) is 99.3 Å². The Morgan fingerprint density at radius 3 is 1.52 bits per heavy atom. The molecule has 0 aliphatic heterocycles. The van der Waals surface area contributed by atoms with Gasteiger partial charge in [0, 0.05) is 17.3 Å². The fraction of sp³-hybridized carbons (Fsp3) is 0.636. The summed E-state index contributed by atoms with van der Waals surface area (Å²) in [5.41, 5.74) is -1.87. The summed E-state index contributed by atoms with van der Waals surface area (Å²) in [6.45, 7) is 22.0. The van der Waals surface area contributed by atoms with E-state index in [-0.39, 0.29) is 60.7 Å². The first-order chi connectivity index (χ1) is 21.9. The summed E-state index contributed by atoms with van der Waals surface area (Å²) in [5, 5.41) is 18.4. The zero-order valence-electron chi connectivity index (χ0n) is 29.0. The van der Waals surface area contributed by atoms with Crippen LogP contribution < -0.4 is 0 Å². The van der Waals surface area contributed by atoms with Crippen molar-refractivity contribution in [1.82, 2.24) is 20.6 Å². The summed E-state index contributed by atoms with van der Waals surface area (Å²) in [6, 6.07) is 0. The highest BCUT2D eigenvalue weighted by molar-refractivity contribution is 6.35. The topological polar surface area (TPSA) is 104 Å². The van der Waals surface area contributed by atoms with Gasteiger partial charge in [0.25, 0.3) is 0 Å². The van der Waals surface area contributed by atoms with Gasteiger partial charge in [-0.1, -0.05) is 102 Å². The monoisotopic (exact) mass is 802 g/mol. The zero-order valence-corrected chi connectivity index (χ0v) is 34.3. The molecule has 4 heterocycles. The van der Waals surface area contributed by atoms with Crippen molar-refractivity contribution < 1.29 is 18.1 Å². The van der Waals surface area contributed by atoms with Crippen molar-refractivity contribution in [2.75, 3.05) is 0 Å². The number of hydrogen-bond donors (Lipinski definition) is 0. The first-order valence-electron chi connectivity index (χ1n) is 15.6. The van der Waals surface area contributed by atoms with E-state index in [0.717, 1.165) is 0 Å². The predicted molar refractivity (Wildman–Crippen MR) is 193 cm³/mol. The second-order valence-electron chi connectivity index (χ2n) is 14.4. The Morgan fingerprint density at radius 2 is 1.15 bits per heavy atom. The van der Waals surface area contributed by atoms with Crippen molar-refractivity contribution in [3.63, 3.8) is 0 Å². The highest BCUT2D eigenvalue weighted by Crippen LogP contribution is 2.68. The maximum Gasteiger partial charge on any atom is 0.175 e. The molecule has 0 saturated carbocycles. The van der Waals surface area contributed by atoms with Crippen LogP contribution in [0.1, 0.15) is 146 Å². The molecule has 0 radical (unpaired) electrons. The number of aryl methyl sites for hydroxylation is 1. The Hall–Kier alpha value is -1.13. The van der Waals surface area contributed by atoms with Crippen molar-refractivity contribution in [3.8, 4) is 0 Å². The number of aromatic nitrogens is 4. The zero-order chi connectivity index (χ0) is 36.5. The Morgan fingerprint density at radius 1 is 0.646 bits per heavy atom. The van der Waals surface area contributed by atoms with Crippen LogP contribution in [0.15, 0.2) is 18.1 Å². The summed E-state index contributed by atoms with van der Waals surface area (Å²) >= 11 is 51.0. The third-order valence-electron chi connectivity index (χ3n) is 9.31. The molecule has 266 valence electrons. The van der Waals surface area contributed by atoms with Crippen LogP contribution in [0.3, 0.4) is 0 Å². The molecule has 0 aliphatic carbocycles. The highest BCUT2D eigenvalue weighted by atomic mass is 35.5. The van der Waals surface area contributed by atoms with Crippen LogP contribution in [-0.2, 0) is 15.7 Å². The van der Waals surface area contributed by atoms with Crippen molar-refractivity contribution in [3.05, 3.63) is 65.9 Å². The molecular weight excluding hydrogens is 765 g/mol. The average Bonchev–Trinajstić information content (AvgIpc) is 3.71. The molecule has 4 rings (SSSR count). The molecule has 0 aromatic carbocycles. The lowest BCUT2D eigenvalue weighted by molar-refractivity contribution is 0.0876. The highest BCUT2D eigenvalue weighted by Gasteiger charge is 2.73. The molecule has 4 atom stereocenters. The van der Waals surface area contributed by atoms with E-state index in [1.54, 1.807) is 48.5 Å². The summed E-state index contributed by atoms with van der Waals surface area (Å²) in [7, 11) is 0. The van der Waals surface area contributed by atoms with Gasteiger partial charge in [0.1, 0.15) is 47.5 Å². The average molecular weight is 806 g/mol. The molecule has 4 unspecified atom stereocenters. The Labute approximate surface area is 316 Å². The maximum atomic E-state index is 7.75. The third-order valence-corrected chi connectivity index (χ3v) is 11.5. The van der Waals surface area contributed by atoms with Crippen LogP contribution in [0.5, 0.6) is 0 Å². The second kappa shape index (κ2) is 13.4. The molecule has 15 heteroatoms. The fourth-order valence-corrected chi connectivity index (χ4v) is 9.33. The minimum atomic E-state index is -1.80. The molecule has 0 N–H and O–H groups in total. The van der Waals surface area contributed by atoms with Crippen LogP contribution in [0.2, 0.25) is 20.1 Å². The lowest BCUT2D eigenvalue weighted by Crippen LogP contribution is -2.63. The van der Waals surface area contributed by atoms with E-state index < -0.39 is 31.4 Å². The van der Waals surface area contributed by atoms with Crippen molar-refractivity contribution in [2.45, 2.75) is 133 Å². The van der Waals surface area contributed by atoms with Crippen molar-refractivity contribution in [1.29, 1.82) is 0 Å². The smallest absolute Gasteiger partial charge is 0.175 e. The van der Waals surface area contributed by atoms with Crippen LogP contribution >= 0.6 is 81.2 Å². The van der Waals surface area contributed by atoms with Gasteiger partial charge in [0.2, 0.25) is 0 Å². The normalized spacial score (nSPS) is 17.1. The predicted octanol–water partition coefficient (Wildman–Crippen LogP) is 12.7. The standard InChI is InChI=1S/C33H41Cl7N4O4/c1-13-15(4)22-19(36)28(48-43-22)33(31(10,11)40,27-18(35)21(14(2)3)42-47-27)32(12,25-20(37)26(46-44-25)30(8,9)39)24(29(6,7)38)23-17(34)16(5)41-45-23/h14-15,24H,13H2,1-12H3. The molecule has 4 aromatic rings. The molecule has 0 amide bonds. The Kier molecular flexibility index (Phi) is 11.1. The number of halogens is 7. The van der Waals surface area contributed by atoms with Gasteiger partial charge < -0.3 is 18.1 Å². The summed E-state index contributed by atoms with van der Waals surface area (Å²) in [6.07, 6.45) is 0.717. The van der Waals surface area contributed by atoms with Crippen LogP contribution in [0.4, 0.5) is 0 Å². The van der Waals surface area contributed by atoms with E-state index in [9.17, 15) is 0 Å². The summed E-state index contributed by atoms with van der Waals surface area (Å²) < 4.78 is 24.6.